The molecule has 172 valence electrons. The third-order valence-corrected chi connectivity index (χ3v) is 5.65. The normalized spacial score (nSPS) is 17.4. The Kier molecular flexibility index (Phi) is 8.82. The second-order valence-corrected chi connectivity index (χ2v) is 8.10. The number of methoxy groups -OCH3 is 1. The highest BCUT2D eigenvalue weighted by molar-refractivity contribution is 5.80. The fourth-order valence-electron chi connectivity index (χ4n) is 3.79. The molecule has 0 atom stereocenters. The number of aliphatic imine (C=N–C) groups is 1. The molecule has 1 saturated carbocycles. The molecule has 1 amide bonds. The van der Waals surface area contributed by atoms with Crippen LogP contribution in [0.15, 0.2) is 23.2 Å². The van der Waals surface area contributed by atoms with Crippen molar-refractivity contribution in [3.05, 3.63) is 23.8 Å². The molecule has 0 unspecified atom stereocenters. The number of nitrogens with one attached hydrogen (secondary N) is 2. The minimum atomic E-state index is 0.157. The van der Waals surface area contributed by atoms with Gasteiger partial charge in [0.05, 0.1) is 20.3 Å². The SMILES string of the molecule is CCOc1cc(CCCNC(=NC)N2CCN(CC(=O)NC3CC3)CC2)ccc1OC. The molecular formula is C23H37N5O3. The van der Waals surface area contributed by atoms with Crippen molar-refractivity contribution >= 4 is 11.9 Å². The van der Waals surface area contributed by atoms with Crippen LogP contribution in [0.1, 0.15) is 31.7 Å². The molecule has 0 bridgehead atoms. The van der Waals surface area contributed by atoms with E-state index in [2.05, 4.69) is 37.6 Å². The Hall–Kier alpha value is -2.48. The van der Waals surface area contributed by atoms with Gasteiger partial charge in [-0.2, -0.15) is 0 Å². The molecule has 3 rings (SSSR count). The van der Waals surface area contributed by atoms with Crippen LogP contribution >= 0.6 is 0 Å². The second kappa shape index (κ2) is 11.8. The predicted molar refractivity (Wildman–Crippen MR) is 123 cm³/mol. The van der Waals surface area contributed by atoms with Crippen LogP contribution in [0.3, 0.4) is 0 Å². The van der Waals surface area contributed by atoms with Crippen molar-refractivity contribution in [2.45, 2.75) is 38.6 Å². The highest BCUT2D eigenvalue weighted by Crippen LogP contribution is 2.28. The fraction of sp³-hybridized carbons (Fsp3) is 0.652. The first-order valence-corrected chi connectivity index (χ1v) is 11.4. The first-order chi connectivity index (χ1) is 15.1. The molecule has 2 fully saturated rings. The van der Waals surface area contributed by atoms with E-state index in [0.717, 1.165) is 75.9 Å². The standard InChI is InChI=1S/C23H37N5O3/c1-4-31-21-16-18(7-10-20(21)30-3)6-5-11-25-23(24-2)28-14-12-27(13-15-28)17-22(29)26-19-8-9-19/h7,10,16,19H,4-6,8-9,11-15,17H2,1-3H3,(H,24,25)(H,26,29). The highest BCUT2D eigenvalue weighted by atomic mass is 16.5. The van der Waals surface area contributed by atoms with E-state index in [4.69, 9.17) is 9.47 Å². The maximum absolute atomic E-state index is 12.0. The van der Waals surface area contributed by atoms with E-state index in [1.54, 1.807) is 7.11 Å². The molecule has 8 heteroatoms. The number of nitrogens with zero attached hydrogens (tertiary/aromatic N) is 3. The fourth-order valence-corrected chi connectivity index (χ4v) is 3.79. The molecular weight excluding hydrogens is 394 g/mol. The van der Waals surface area contributed by atoms with Crippen molar-refractivity contribution in [2.75, 3.05) is 60.0 Å². The van der Waals surface area contributed by atoms with Crippen LogP contribution in [-0.2, 0) is 11.2 Å². The van der Waals surface area contributed by atoms with Crippen molar-refractivity contribution < 1.29 is 14.3 Å². The third-order valence-electron chi connectivity index (χ3n) is 5.65. The van der Waals surface area contributed by atoms with Gasteiger partial charge in [0.1, 0.15) is 0 Å². The Balaban J connectivity index is 1.37. The number of aryl methyl sites for hydroxylation is 1. The summed E-state index contributed by atoms with van der Waals surface area (Å²) in [5, 5.41) is 6.55. The molecule has 0 radical (unpaired) electrons. The third kappa shape index (κ3) is 7.31. The van der Waals surface area contributed by atoms with Crippen LogP contribution in [0.25, 0.3) is 0 Å². The molecule has 31 heavy (non-hydrogen) atoms. The number of carbonyl (C=O) groups excluding carboxylic acids is 1. The van der Waals surface area contributed by atoms with E-state index in [1.807, 2.05) is 20.0 Å². The van der Waals surface area contributed by atoms with Gasteiger partial charge in [-0.3, -0.25) is 14.7 Å². The molecule has 2 N–H and O–H groups in total. The number of hydrogen-bond acceptors (Lipinski definition) is 5. The molecule has 1 saturated heterocycles. The number of guanidine groups is 1. The van der Waals surface area contributed by atoms with Gasteiger partial charge in [0.15, 0.2) is 17.5 Å². The minimum Gasteiger partial charge on any atom is -0.493 e. The summed E-state index contributed by atoms with van der Waals surface area (Å²) < 4.78 is 11.0. The van der Waals surface area contributed by atoms with Crippen molar-refractivity contribution in [1.29, 1.82) is 0 Å². The summed E-state index contributed by atoms with van der Waals surface area (Å²) in [5.74, 6) is 2.67. The topological polar surface area (TPSA) is 78.4 Å². The van der Waals surface area contributed by atoms with E-state index < -0.39 is 0 Å². The first kappa shape index (κ1) is 23.2. The summed E-state index contributed by atoms with van der Waals surface area (Å²) in [6, 6.07) is 6.56. The lowest BCUT2D eigenvalue weighted by molar-refractivity contribution is -0.122. The molecule has 1 aromatic rings. The number of ether oxygens (including phenoxy) is 2. The van der Waals surface area contributed by atoms with Crippen LogP contribution in [-0.4, -0.2) is 87.7 Å². The molecule has 1 aliphatic heterocycles. The Morgan fingerprint density at radius 3 is 2.61 bits per heavy atom. The predicted octanol–water partition coefficient (Wildman–Crippen LogP) is 1.50. The van der Waals surface area contributed by atoms with Crippen molar-refractivity contribution in [3.63, 3.8) is 0 Å². The van der Waals surface area contributed by atoms with Crippen LogP contribution in [0.2, 0.25) is 0 Å². The maximum atomic E-state index is 12.0. The molecule has 0 aromatic heterocycles. The second-order valence-electron chi connectivity index (χ2n) is 8.10. The van der Waals surface area contributed by atoms with E-state index in [9.17, 15) is 4.79 Å². The summed E-state index contributed by atoms with van der Waals surface area (Å²) in [5.41, 5.74) is 1.24. The zero-order chi connectivity index (χ0) is 22.1. The minimum absolute atomic E-state index is 0.157. The lowest BCUT2D eigenvalue weighted by Gasteiger charge is -2.36. The number of carbonyl (C=O) groups is 1. The Labute approximate surface area is 186 Å². The lowest BCUT2D eigenvalue weighted by atomic mass is 10.1. The quantitative estimate of drug-likeness (QED) is 0.332. The van der Waals surface area contributed by atoms with Gasteiger partial charge in [-0.25, -0.2) is 0 Å². The number of benzene rings is 1. The van der Waals surface area contributed by atoms with Gasteiger partial charge in [0, 0.05) is 45.8 Å². The molecule has 1 heterocycles. The summed E-state index contributed by atoms with van der Waals surface area (Å²) in [7, 11) is 3.49. The van der Waals surface area contributed by atoms with E-state index >= 15 is 0 Å². The van der Waals surface area contributed by atoms with Gasteiger partial charge in [0.2, 0.25) is 5.91 Å². The van der Waals surface area contributed by atoms with Crippen LogP contribution < -0.4 is 20.1 Å². The van der Waals surface area contributed by atoms with Gasteiger partial charge in [-0.15, -0.1) is 0 Å². The summed E-state index contributed by atoms with van der Waals surface area (Å²) in [4.78, 5) is 20.9. The average Bonchev–Trinajstić information content (AvgIpc) is 3.59. The molecule has 0 spiro atoms. The Morgan fingerprint density at radius 1 is 1.19 bits per heavy atom. The maximum Gasteiger partial charge on any atom is 0.234 e. The Bertz CT molecular complexity index is 743. The van der Waals surface area contributed by atoms with Crippen LogP contribution in [0, 0.1) is 0 Å². The van der Waals surface area contributed by atoms with Gasteiger partial charge >= 0.3 is 0 Å². The van der Waals surface area contributed by atoms with Crippen LogP contribution in [0.5, 0.6) is 11.5 Å². The van der Waals surface area contributed by atoms with E-state index in [-0.39, 0.29) is 5.91 Å². The van der Waals surface area contributed by atoms with Gasteiger partial charge in [-0.05, 0) is 50.3 Å². The van der Waals surface area contributed by atoms with Gasteiger partial charge < -0.3 is 25.0 Å². The lowest BCUT2D eigenvalue weighted by Crippen LogP contribution is -2.54. The number of amides is 1. The smallest absolute Gasteiger partial charge is 0.234 e. The molecule has 1 aliphatic carbocycles. The highest BCUT2D eigenvalue weighted by Gasteiger charge is 2.25. The zero-order valence-electron chi connectivity index (χ0n) is 19.2. The average molecular weight is 432 g/mol. The zero-order valence-corrected chi connectivity index (χ0v) is 19.2. The summed E-state index contributed by atoms with van der Waals surface area (Å²) in [6.07, 6.45) is 4.22. The van der Waals surface area contributed by atoms with Crippen molar-refractivity contribution in [3.8, 4) is 11.5 Å². The van der Waals surface area contributed by atoms with Crippen molar-refractivity contribution in [2.24, 2.45) is 4.99 Å². The summed E-state index contributed by atoms with van der Waals surface area (Å²) >= 11 is 0. The monoisotopic (exact) mass is 431 g/mol. The van der Waals surface area contributed by atoms with E-state index in [1.165, 1.54) is 5.56 Å². The number of hydrogen-bond donors (Lipinski definition) is 2. The van der Waals surface area contributed by atoms with Crippen LogP contribution in [0.4, 0.5) is 0 Å². The van der Waals surface area contributed by atoms with Gasteiger partial charge in [0.25, 0.3) is 0 Å². The first-order valence-electron chi connectivity index (χ1n) is 11.4. The largest absolute Gasteiger partial charge is 0.493 e. The summed E-state index contributed by atoms with van der Waals surface area (Å²) in [6.45, 7) is 7.48. The van der Waals surface area contributed by atoms with E-state index in [0.29, 0.717) is 19.2 Å². The molecule has 1 aromatic carbocycles. The molecule has 2 aliphatic rings. The van der Waals surface area contributed by atoms with Crippen molar-refractivity contribution in [1.82, 2.24) is 20.4 Å². The molecule has 8 nitrogen and oxygen atoms in total. The number of rotatable bonds is 10. The number of piperazine rings is 1. The van der Waals surface area contributed by atoms with Gasteiger partial charge in [-0.1, -0.05) is 6.07 Å². The Morgan fingerprint density at radius 2 is 1.97 bits per heavy atom.